The standard InChI is InChI=1S/C15H12ClN3O2S/c1-9-13(14(21)19-6-7-22-15(19)17-9)18-12(20)8-10-4-2-3-5-11(10)16/h2-7H,8H2,1H3,(H,18,20). The summed E-state index contributed by atoms with van der Waals surface area (Å²) in [6.45, 7) is 1.70. The van der Waals surface area contributed by atoms with Gasteiger partial charge in [-0.15, -0.1) is 11.3 Å². The first kappa shape index (κ1) is 14.7. The highest BCUT2D eigenvalue weighted by molar-refractivity contribution is 7.15. The first-order valence-electron chi connectivity index (χ1n) is 6.56. The fourth-order valence-corrected chi connectivity index (χ4v) is 3.08. The molecule has 5 nitrogen and oxygen atoms in total. The van der Waals surface area contributed by atoms with Crippen LogP contribution >= 0.6 is 22.9 Å². The summed E-state index contributed by atoms with van der Waals surface area (Å²) in [5, 5.41) is 4.95. The van der Waals surface area contributed by atoms with Crippen LogP contribution in [0.5, 0.6) is 0 Å². The van der Waals surface area contributed by atoms with Crippen molar-refractivity contribution in [1.29, 1.82) is 0 Å². The number of thiazole rings is 1. The maximum absolute atomic E-state index is 12.4. The second-order valence-electron chi connectivity index (χ2n) is 4.75. The van der Waals surface area contributed by atoms with Gasteiger partial charge in [0.2, 0.25) is 5.91 Å². The van der Waals surface area contributed by atoms with E-state index in [-0.39, 0.29) is 23.6 Å². The molecule has 2 aromatic heterocycles. The van der Waals surface area contributed by atoms with Crippen LogP contribution in [0.2, 0.25) is 5.02 Å². The summed E-state index contributed by atoms with van der Waals surface area (Å²) >= 11 is 7.41. The molecule has 0 saturated heterocycles. The van der Waals surface area contributed by atoms with E-state index in [1.54, 1.807) is 36.7 Å². The number of rotatable bonds is 3. The lowest BCUT2D eigenvalue weighted by atomic mass is 10.1. The molecule has 7 heteroatoms. The summed E-state index contributed by atoms with van der Waals surface area (Å²) < 4.78 is 1.42. The Morgan fingerprint density at radius 3 is 2.95 bits per heavy atom. The fourth-order valence-electron chi connectivity index (χ4n) is 2.12. The number of carbonyl (C=O) groups excluding carboxylic acids is 1. The van der Waals surface area contributed by atoms with Gasteiger partial charge in [0.15, 0.2) is 4.96 Å². The molecule has 0 fully saturated rings. The largest absolute Gasteiger partial charge is 0.320 e. The molecule has 1 amide bonds. The highest BCUT2D eigenvalue weighted by Crippen LogP contribution is 2.17. The predicted molar refractivity (Wildman–Crippen MR) is 87.9 cm³/mol. The van der Waals surface area contributed by atoms with Crippen LogP contribution in [0.1, 0.15) is 11.3 Å². The molecule has 2 heterocycles. The van der Waals surface area contributed by atoms with E-state index in [1.807, 2.05) is 6.07 Å². The van der Waals surface area contributed by atoms with Crippen molar-refractivity contribution in [2.24, 2.45) is 0 Å². The number of halogens is 1. The third kappa shape index (κ3) is 2.75. The SMILES string of the molecule is Cc1nc2sccn2c(=O)c1NC(=O)Cc1ccccc1Cl. The molecule has 0 radical (unpaired) electrons. The fraction of sp³-hybridized carbons (Fsp3) is 0.133. The summed E-state index contributed by atoms with van der Waals surface area (Å²) in [7, 11) is 0. The molecule has 0 saturated carbocycles. The number of benzene rings is 1. The van der Waals surface area contributed by atoms with Gasteiger partial charge in [0.25, 0.3) is 5.56 Å². The maximum atomic E-state index is 12.4. The number of hydrogen-bond donors (Lipinski definition) is 1. The number of aryl methyl sites for hydroxylation is 1. The van der Waals surface area contributed by atoms with Gasteiger partial charge in [0, 0.05) is 16.6 Å². The lowest BCUT2D eigenvalue weighted by Gasteiger charge is -2.08. The molecular formula is C15H12ClN3O2S. The van der Waals surface area contributed by atoms with E-state index >= 15 is 0 Å². The number of aromatic nitrogens is 2. The first-order valence-corrected chi connectivity index (χ1v) is 7.82. The molecule has 0 atom stereocenters. The van der Waals surface area contributed by atoms with Crippen molar-refractivity contribution < 1.29 is 4.79 Å². The van der Waals surface area contributed by atoms with Gasteiger partial charge in [-0.05, 0) is 18.6 Å². The molecule has 3 aromatic rings. The Labute approximate surface area is 135 Å². The van der Waals surface area contributed by atoms with E-state index in [2.05, 4.69) is 10.3 Å². The molecule has 0 bridgehead atoms. The van der Waals surface area contributed by atoms with Gasteiger partial charge in [-0.25, -0.2) is 4.98 Å². The zero-order valence-corrected chi connectivity index (χ0v) is 13.2. The van der Waals surface area contributed by atoms with Crippen LogP contribution < -0.4 is 10.9 Å². The molecule has 1 aromatic carbocycles. The summed E-state index contributed by atoms with van der Waals surface area (Å²) in [5.74, 6) is -0.301. The zero-order chi connectivity index (χ0) is 15.7. The van der Waals surface area contributed by atoms with Gasteiger partial charge in [0.1, 0.15) is 5.69 Å². The second-order valence-corrected chi connectivity index (χ2v) is 6.03. The van der Waals surface area contributed by atoms with Crippen LogP contribution in [-0.2, 0) is 11.2 Å². The third-order valence-electron chi connectivity index (χ3n) is 3.22. The van der Waals surface area contributed by atoms with E-state index in [0.29, 0.717) is 21.2 Å². The molecule has 1 N–H and O–H groups in total. The Hall–Kier alpha value is -2.18. The number of amides is 1. The molecule has 0 aliphatic rings. The van der Waals surface area contributed by atoms with Crippen molar-refractivity contribution in [2.75, 3.05) is 5.32 Å². The second kappa shape index (κ2) is 5.90. The molecule has 0 aliphatic heterocycles. The minimum atomic E-state index is -0.301. The van der Waals surface area contributed by atoms with Crippen LogP contribution in [0.15, 0.2) is 40.6 Å². The normalized spacial score (nSPS) is 10.8. The van der Waals surface area contributed by atoms with Crippen LogP contribution in [0.25, 0.3) is 4.96 Å². The zero-order valence-electron chi connectivity index (χ0n) is 11.7. The smallest absolute Gasteiger partial charge is 0.282 e. The molecule has 0 aliphatic carbocycles. The Balaban J connectivity index is 1.88. The number of nitrogens with zero attached hydrogens (tertiary/aromatic N) is 2. The van der Waals surface area contributed by atoms with Crippen molar-refractivity contribution >= 4 is 39.5 Å². The highest BCUT2D eigenvalue weighted by Gasteiger charge is 2.14. The van der Waals surface area contributed by atoms with Crippen LogP contribution in [0.3, 0.4) is 0 Å². The average Bonchev–Trinajstić information content (AvgIpc) is 2.94. The Kier molecular flexibility index (Phi) is 3.96. The Bertz CT molecular complexity index is 917. The lowest BCUT2D eigenvalue weighted by Crippen LogP contribution is -2.25. The molecule has 0 unspecified atom stereocenters. The molecule has 0 spiro atoms. The van der Waals surface area contributed by atoms with Crippen molar-refractivity contribution in [3.63, 3.8) is 0 Å². The third-order valence-corrected chi connectivity index (χ3v) is 4.35. The molecule has 22 heavy (non-hydrogen) atoms. The van der Waals surface area contributed by atoms with Gasteiger partial charge in [-0.1, -0.05) is 29.8 Å². The van der Waals surface area contributed by atoms with Gasteiger partial charge in [-0.2, -0.15) is 0 Å². The summed E-state index contributed by atoms with van der Waals surface area (Å²) in [6.07, 6.45) is 1.74. The number of anilines is 1. The monoisotopic (exact) mass is 333 g/mol. The maximum Gasteiger partial charge on any atom is 0.282 e. The van der Waals surface area contributed by atoms with Crippen molar-refractivity contribution in [1.82, 2.24) is 9.38 Å². The summed E-state index contributed by atoms with van der Waals surface area (Å²) in [4.78, 5) is 29.4. The van der Waals surface area contributed by atoms with E-state index < -0.39 is 0 Å². The minimum Gasteiger partial charge on any atom is -0.320 e. The van der Waals surface area contributed by atoms with Crippen molar-refractivity contribution in [3.8, 4) is 0 Å². The number of fused-ring (bicyclic) bond motifs is 1. The van der Waals surface area contributed by atoms with Gasteiger partial charge >= 0.3 is 0 Å². The highest BCUT2D eigenvalue weighted by atomic mass is 35.5. The average molecular weight is 334 g/mol. The Morgan fingerprint density at radius 2 is 2.18 bits per heavy atom. The van der Waals surface area contributed by atoms with E-state index in [4.69, 9.17) is 11.6 Å². The number of nitrogens with one attached hydrogen (secondary N) is 1. The predicted octanol–water partition coefficient (Wildman–Crippen LogP) is 2.90. The van der Waals surface area contributed by atoms with Crippen molar-refractivity contribution in [2.45, 2.75) is 13.3 Å². The van der Waals surface area contributed by atoms with E-state index in [1.165, 1.54) is 15.7 Å². The topological polar surface area (TPSA) is 63.5 Å². The van der Waals surface area contributed by atoms with Crippen LogP contribution in [0, 0.1) is 6.92 Å². The molecule has 112 valence electrons. The van der Waals surface area contributed by atoms with Gasteiger partial charge in [-0.3, -0.25) is 14.0 Å². The number of carbonyl (C=O) groups is 1. The quantitative estimate of drug-likeness (QED) is 0.801. The summed E-state index contributed by atoms with van der Waals surface area (Å²) in [6, 6.07) is 7.12. The van der Waals surface area contributed by atoms with Crippen LogP contribution in [0.4, 0.5) is 5.69 Å². The minimum absolute atomic E-state index is 0.102. The molecule has 3 rings (SSSR count). The Morgan fingerprint density at radius 1 is 1.41 bits per heavy atom. The molecular weight excluding hydrogens is 322 g/mol. The first-order chi connectivity index (χ1) is 10.6. The van der Waals surface area contributed by atoms with Crippen molar-refractivity contribution in [3.05, 3.63) is 62.5 Å². The van der Waals surface area contributed by atoms with Crippen LogP contribution in [-0.4, -0.2) is 15.3 Å². The lowest BCUT2D eigenvalue weighted by molar-refractivity contribution is -0.115. The van der Waals surface area contributed by atoms with E-state index in [9.17, 15) is 9.59 Å². The van der Waals surface area contributed by atoms with Gasteiger partial charge in [0.05, 0.1) is 12.1 Å². The number of hydrogen-bond acceptors (Lipinski definition) is 4. The van der Waals surface area contributed by atoms with Gasteiger partial charge < -0.3 is 5.32 Å². The summed E-state index contributed by atoms with van der Waals surface area (Å²) in [5.41, 5.74) is 1.13. The van der Waals surface area contributed by atoms with E-state index in [0.717, 1.165) is 0 Å².